The molecule has 1 atom stereocenters. The Morgan fingerprint density at radius 2 is 2.35 bits per heavy atom. The maximum Gasteiger partial charge on any atom is 0.140 e. The molecule has 0 saturated heterocycles. The molecule has 2 aromatic rings. The first-order valence-corrected chi connectivity index (χ1v) is 6.68. The van der Waals surface area contributed by atoms with Gasteiger partial charge in [-0.3, -0.25) is 0 Å². The van der Waals surface area contributed by atoms with Crippen LogP contribution in [0, 0.1) is 0 Å². The van der Waals surface area contributed by atoms with Crippen LogP contribution in [0.15, 0.2) is 17.9 Å². The first kappa shape index (κ1) is 12.2. The topological polar surface area (TPSA) is 55.6 Å². The smallest absolute Gasteiger partial charge is 0.140 e. The normalized spacial score (nSPS) is 12.8. The molecule has 0 radical (unpaired) electrons. The zero-order valence-corrected chi connectivity index (χ0v) is 10.9. The van der Waals surface area contributed by atoms with E-state index in [-0.39, 0.29) is 6.04 Å². The number of rotatable bonds is 6. The predicted molar refractivity (Wildman–Crippen MR) is 67.7 cm³/mol. The van der Waals surface area contributed by atoms with Crippen molar-refractivity contribution in [1.29, 1.82) is 0 Å². The third-order valence-corrected chi connectivity index (χ3v) is 3.48. The molecule has 0 fully saturated rings. The summed E-state index contributed by atoms with van der Waals surface area (Å²) in [7, 11) is 0. The van der Waals surface area contributed by atoms with E-state index >= 15 is 0 Å². The Hall–Kier alpha value is -1.27. The molecular formula is C11H17N5S. The monoisotopic (exact) mass is 251 g/mol. The summed E-state index contributed by atoms with van der Waals surface area (Å²) in [4.78, 5) is 8.55. The Bertz CT molecular complexity index is 436. The minimum atomic E-state index is 0.252. The van der Waals surface area contributed by atoms with Crippen LogP contribution < -0.4 is 5.32 Å². The van der Waals surface area contributed by atoms with Gasteiger partial charge in [0.2, 0.25) is 0 Å². The molecule has 0 spiro atoms. The highest BCUT2D eigenvalue weighted by atomic mass is 32.1. The van der Waals surface area contributed by atoms with Crippen molar-refractivity contribution in [2.45, 2.75) is 39.4 Å². The van der Waals surface area contributed by atoms with Crippen molar-refractivity contribution in [1.82, 2.24) is 25.1 Å². The number of hydrogen-bond acceptors (Lipinski definition) is 5. The summed E-state index contributed by atoms with van der Waals surface area (Å²) < 4.78 is 1.95. The Morgan fingerprint density at radius 1 is 1.47 bits per heavy atom. The average molecular weight is 251 g/mol. The van der Waals surface area contributed by atoms with Gasteiger partial charge in [0.25, 0.3) is 0 Å². The van der Waals surface area contributed by atoms with Gasteiger partial charge in [-0.2, -0.15) is 5.10 Å². The fraction of sp³-hybridized carbons (Fsp3) is 0.545. The molecule has 0 bridgehead atoms. The fourth-order valence-corrected chi connectivity index (χ4v) is 2.27. The number of nitrogens with one attached hydrogen (secondary N) is 1. The Labute approximate surface area is 105 Å². The number of hydrogen-bond donors (Lipinski definition) is 1. The Balaban J connectivity index is 1.91. The molecule has 2 rings (SSSR count). The zero-order chi connectivity index (χ0) is 12.1. The molecule has 0 aliphatic rings. The predicted octanol–water partition coefficient (Wildman–Crippen LogP) is 2.00. The standard InChI is InChI=1S/C11H17N5S/c1-3-5-16-10(14-8-15-16)7-13-9(2)11-12-4-6-17-11/h4,6,8-9,13H,3,5,7H2,1-2H3. The summed E-state index contributed by atoms with van der Waals surface area (Å²) in [5.41, 5.74) is 0. The Kier molecular flexibility index (Phi) is 4.22. The lowest BCUT2D eigenvalue weighted by Gasteiger charge is -2.11. The highest BCUT2D eigenvalue weighted by molar-refractivity contribution is 7.09. The van der Waals surface area contributed by atoms with Crippen LogP contribution in [0.4, 0.5) is 0 Å². The van der Waals surface area contributed by atoms with Crippen LogP contribution in [0.25, 0.3) is 0 Å². The second-order valence-electron chi connectivity index (χ2n) is 3.87. The molecule has 1 unspecified atom stereocenters. The van der Waals surface area contributed by atoms with Crippen molar-refractivity contribution >= 4 is 11.3 Å². The van der Waals surface area contributed by atoms with Crippen molar-refractivity contribution in [2.24, 2.45) is 0 Å². The lowest BCUT2D eigenvalue weighted by molar-refractivity contribution is 0.508. The molecule has 6 heteroatoms. The van der Waals surface area contributed by atoms with Gasteiger partial charge in [0.05, 0.1) is 12.6 Å². The molecule has 2 heterocycles. The van der Waals surface area contributed by atoms with Crippen molar-refractivity contribution in [3.05, 3.63) is 28.7 Å². The van der Waals surface area contributed by atoms with Crippen molar-refractivity contribution in [3.63, 3.8) is 0 Å². The third kappa shape index (κ3) is 3.10. The van der Waals surface area contributed by atoms with Crippen LogP contribution in [-0.2, 0) is 13.1 Å². The van der Waals surface area contributed by atoms with Crippen LogP contribution in [0.2, 0.25) is 0 Å². The number of thiazole rings is 1. The molecule has 0 amide bonds. The minimum Gasteiger partial charge on any atom is -0.301 e. The van der Waals surface area contributed by atoms with E-state index in [4.69, 9.17) is 0 Å². The maximum absolute atomic E-state index is 4.29. The van der Waals surface area contributed by atoms with Crippen molar-refractivity contribution < 1.29 is 0 Å². The van der Waals surface area contributed by atoms with Gasteiger partial charge in [0.1, 0.15) is 17.2 Å². The van der Waals surface area contributed by atoms with E-state index in [0.717, 1.165) is 30.3 Å². The molecule has 1 N–H and O–H groups in total. The Morgan fingerprint density at radius 3 is 3.06 bits per heavy atom. The molecular weight excluding hydrogens is 234 g/mol. The van der Waals surface area contributed by atoms with Gasteiger partial charge in [0, 0.05) is 18.1 Å². The van der Waals surface area contributed by atoms with Crippen LogP contribution in [0.1, 0.15) is 37.1 Å². The quantitative estimate of drug-likeness (QED) is 0.853. The van der Waals surface area contributed by atoms with Gasteiger partial charge in [-0.25, -0.2) is 14.6 Å². The molecule has 0 aliphatic heterocycles. The third-order valence-electron chi connectivity index (χ3n) is 2.52. The summed E-state index contributed by atoms with van der Waals surface area (Å²) in [5, 5.41) is 10.7. The summed E-state index contributed by atoms with van der Waals surface area (Å²) in [6.45, 7) is 5.89. The van der Waals surface area contributed by atoms with Gasteiger partial charge in [0.15, 0.2) is 0 Å². The number of aromatic nitrogens is 4. The zero-order valence-electron chi connectivity index (χ0n) is 10.1. The second kappa shape index (κ2) is 5.88. The van der Waals surface area contributed by atoms with Crippen molar-refractivity contribution in [2.75, 3.05) is 0 Å². The lowest BCUT2D eigenvalue weighted by Crippen LogP contribution is -2.21. The molecule has 0 aliphatic carbocycles. The highest BCUT2D eigenvalue weighted by Crippen LogP contribution is 2.14. The van der Waals surface area contributed by atoms with E-state index in [1.54, 1.807) is 17.7 Å². The van der Waals surface area contributed by atoms with Crippen LogP contribution >= 0.6 is 11.3 Å². The molecule has 0 aromatic carbocycles. The average Bonchev–Trinajstić information content (AvgIpc) is 2.97. The van der Waals surface area contributed by atoms with E-state index in [2.05, 4.69) is 34.2 Å². The number of aryl methyl sites for hydroxylation is 1. The molecule has 2 aromatic heterocycles. The van der Waals surface area contributed by atoms with Gasteiger partial charge in [-0.15, -0.1) is 11.3 Å². The van der Waals surface area contributed by atoms with Crippen molar-refractivity contribution in [3.8, 4) is 0 Å². The van der Waals surface area contributed by atoms with E-state index in [0.29, 0.717) is 0 Å². The van der Waals surface area contributed by atoms with Gasteiger partial charge in [-0.05, 0) is 13.3 Å². The van der Waals surface area contributed by atoms with Crippen LogP contribution in [0.3, 0.4) is 0 Å². The lowest BCUT2D eigenvalue weighted by atomic mass is 10.3. The first-order valence-electron chi connectivity index (χ1n) is 5.80. The molecule has 17 heavy (non-hydrogen) atoms. The van der Waals surface area contributed by atoms with E-state index in [1.807, 2.05) is 16.3 Å². The van der Waals surface area contributed by atoms with Gasteiger partial charge >= 0.3 is 0 Å². The minimum absolute atomic E-state index is 0.252. The first-order chi connectivity index (χ1) is 8.31. The van der Waals surface area contributed by atoms with Gasteiger partial charge < -0.3 is 5.32 Å². The SMILES string of the molecule is CCCn1ncnc1CNC(C)c1nccs1. The van der Waals surface area contributed by atoms with Gasteiger partial charge in [-0.1, -0.05) is 6.92 Å². The van der Waals surface area contributed by atoms with E-state index in [9.17, 15) is 0 Å². The van der Waals surface area contributed by atoms with Crippen LogP contribution in [0.5, 0.6) is 0 Å². The summed E-state index contributed by atoms with van der Waals surface area (Å²) in [6, 6.07) is 0.252. The summed E-state index contributed by atoms with van der Waals surface area (Å²) >= 11 is 1.67. The van der Waals surface area contributed by atoms with E-state index in [1.165, 1.54) is 0 Å². The summed E-state index contributed by atoms with van der Waals surface area (Å²) in [5.74, 6) is 0.982. The highest BCUT2D eigenvalue weighted by Gasteiger charge is 2.09. The molecule has 0 saturated carbocycles. The van der Waals surface area contributed by atoms with E-state index < -0.39 is 0 Å². The largest absolute Gasteiger partial charge is 0.301 e. The maximum atomic E-state index is 4.29. The fourth-order valence-electron chi connectivity index (χ4n) is 1.60. The van der Waals surface area contributed by atoms with Crippen LogP contribution in [-0.4, -0.2) is 19.7 Å². The summed E-state index contributed by atoms with van der Waals surface area (Å²) in [6.07, 6.45) is 4.51. The second-order valence-corrected chi connectivity index (χ2v) is 4.80. The number of nitrogens with zero attached hydrogens (tertiary/aromatic N) is 4. The molecule has 5 nitrogen and oxygen atoms in total. The molecule has 92 valence electrons.